The Balaban J connectivity index is 1.96. The molecule has 0 saturated heterocycles. The van der Waals surface area contributed by atoms with Crippen LogP contribution in [0.25, 0.3) is 10.6 Å². The Kier molecular flexibility index (Phi) is 5.24. The lowest BCUT2D eigenvalue weighted by molar-refractivity contribution is -0.121. The Bertz CT molecular complexity index is 566. The number of pyridine rings is 1. The van der Waals surface area contributed by atoms with E-state index in [9.17, 15) is 4.79 Å². The molecule has 5 heteroatoms. The highest BCUT2D eigenvalue weighted by molar-refractivity contribution is 7.15. The van der Waals surface area contributed by atoms with Crippen LogP contribution in [0.5, 0.6) is 0 Å². The second-order valence-corrected chi connectivity index (χ2v) is 5.70. The molecule has 2 aromatic rings. The number of aryl methyl sites for hydroxylation is 1. The second kappa shape index (κ2) is 7.14. The second-order valence-electron chi connectivity index (χ2n) is 4.62. The molecule has 1 amide bonds. The van der Waals surface area contributed by atoms with Crippen LogP contribution in [0.1, 0.15) is 30.3 Å². The van der Waals surface area contributed by atoms with Crippen LogP contribution in [-0.4, -0.2) is 22.4 Å². The van der Waals surface area contributed by atoms with Crippen molar-refractivity contribution in [1.29, 1.82) is 0 Å². The van der Waals surface area contributed by atoms with Crippen molar-refractivity contribution >= 4 is 17.2 Å². The minimum atomic E-state index is 0.127. The summed E-state index contributed by atoms with van der Waals surface area (Å²) in [6, 6.07) is 3.93. The zero-order valence-corrected chi connectivity index (χ0v) is 12.7. The van der Waals surface area contributed by atoms with Crippen molar-refractivity contribution in [3.63, 3.8) is 0 Å². The van der Waals surface area contributed by atoms with Gasteiger partial charge in [-0.05, 0) is 25.5 Å². The lowest BCUT2D eigenvalue weighted by Crippen LogP contribution is -2.25. The van der Waals surface area contributed by atoms with Gasteiger partial charge in [0, 0.05) is 42.2 Å². The number of aromatic nitrogens is 2. The van der Waals surface area contributed by atoms with Gasteiger partial charge in [0.2, 0.25) is 5.91 Å². The molecule has 4 nitrogen and oxygen atoms in total. The molecule has 0 bridgehead atoms. The largest absolute Gasteiger partial charge is 0.356 e. The van der Waals surface area contributed by atoms with Crippen LogP contribution >= 0.6 is 11.3 Å². The van der Waals surface area contributed by atoms with E-state index in [1.54, 1.807) is 17.5 Å². The molecule has 0 aromatic carbocycles. The van der Waals surface area contributed by atoms with Crippen molar-refractivity contribution in [2.45, 2.75) is 33.1 Å². The average Bonchev–Trinajstić information content (AvgIpc) is 2.82. The Labute approximate surface area is 123 Å². The maximum absolute atomic E-state index is 11.4. The van der Waals surface area contributed by atoms with E-state index >= 15 is 0 Å². The first kappa shape index (κ1) is 14.7. The number of rotatable bonds is 6. The molecule has 0 unspecified atom stereocenters. The van der Waals surface area contributed by atoms with Gasteiger partial charge in [0.1, 0.15) is 5.01 Å². The fourth-order valence-electron chi connectivity index (χ4n) is 1.90. The van der Waals surface area contributed by atoms with E-state index < -0.39 is 0 Å². The van der Waals surface area contributed by atoms with Gasteiger partial charge in [-0.25, -0.2) is 4.98 Å². The van der Waals surface area contributed by atoms with Crippen molar-refractivity contribution in [3.05, 3.63) is 35.1 Å². The van der Waals surface area contributed by atoms with Crippen molar-refractivity contribution in [2.24, 2.45) is 0 Å². The van der Waals surface area contributed by atoms with Gasteiger partial charge < -0.3 is 5.32 Å². The minimum absolute atomic E-state index is 0.127. The van der Waals surface area contributed by atoms with Crippen LogP contribution in [0.4, 0.5) is 0 Å². The number of thiazole rings is 1. The molecular weight excluding hydrogens is 270 g/mol. The number of carbonyl (C=O) groups is 1. The topological polar surface area (TPSA) is 54.9 Å². The summed E-state index contributed by atoms with van der Waals surface area (Å²) in [5.74, 6) is 0.127. The highest BCUT2D eigenvalue weighted by Gasteiger charge is 2.09. The molecule has 0 radical (unpaired) electrons. The first-order chi connectivity index (χ1) is 9.70. The van der Waals surface area contributed by atoms with Gasteiger partial charge in [0.15, 0.2) is 0 Å². The van der Waals surface area contributed by atoms with Gasteiger partial charge in [0.05, 0.1) is 5.69 Å². The summed E-state index contributed by atoms with van der Waals surface area (Å²) in [5, 5.41) is 3.93. The number of nitrogens with zero attached hydrogens (tertiary/aromatic N) is 2. The summed E-state index contributed by atoms with van der Waals surface area (Å²) >= 11 is 1.68. The maximum Gasteiger partial charge on any atom is 0.219 e. The van der Waals surface area contributed by atoms with E-state index in [-0.39, 0.29) is 5.91 Å². The summed E-state index contributed by atoms with van der Waals surface area (Å²) in [6.45, 7) is 4.70. The van der Waals surface area contributed by atoms with Crippen molar-refractivity contribution in [3.8, 4) is 10.6 Å². The third-order valence-electron chi connectivity index (χ3n) is 2.95. The molecule has 106 valence electrons. The Hall–Kier alpha value is -1.75. The Morgan fingerprint density at radius 1 is 1.45 bits per heavy atom. The van der Waals surface area contributed by atoms with E-state index in [1.807, 2.05) is 32.2 Å². The molecule has 0 aliphatic rings. The molecule has 2 aromatic heterocycles. The lowest BCUT2D eigenvalue weighted by Gasteiger charge is -2.02. The van der Waals surface area contributed by atoms with Gasteiger partial charge in [0.25, 0.3) is 0 Å². The SMILES string of the molecule is CCCC(=O)NCCc1sc(-c2cccnc2)nc1C. The molecule has 1 N–H and O–H groups in total. The van der Waals surface area contributed by atoms with E-state index in [1.165, 1.54) is 4.88 Å². The summed E-state index contributed by atoms with van der Waals surface area (Å²) in [4.78, 5) is 21.3. The molecule has 0 atom stereocenters. The minimum Gasteiger partial charge on any atom is -0.356 e. The number of nitrogens with one attached hydrogen (secondary N) is 1. The standard InChI is InChI=1S/C15H19N3OS/c1-3-5-14(19)17-9-7-13-11(2)18-15(20-13)12-6-4-8-16-10-12/h4,6,8,10H,3,5,7,9H2,1-2H3,(H,17,19). The number of amides is 1. The van der Waals surface area contributed by atoms with E-state index in [2.05, 4.69) is 15.3 Å². The molecule has 2 rings (SSSR count). The van der Waals surface area contributed by atoms with Gasteiger partial charge in [-0.2, -0.15) is 0 Å². The third-order valence-corrected chi connectivity index (χ3v) is 4.22. The molecule has 20 heavy (non-hydrogen) atoms. The van der Waals surface area contributed by atoms with E-state index in [0.29, 0.717) is 13.0 Å². The molecular formula is C15H19N3OS. The average molecular weight is 289 g/mol. The third kappa shape index (κ3) is 3.87. The zero-order chi connectivity index (χ0) is 14.4. The summed E-state index contributed by atoms with van der Waals surface area (Å²) < 4.78 is 0. The zero-order valence-electron chi connectivity index (χ0n) is 11.8. The fourth-order valence-corrected chi connectivity index (χ4v) is 2.96. The van der Waals surface area contributed by atoms with Crippen LogP contribution in [0.15, 0.2) is 24.5 Å². The first-order valence-electron chi connectivity index (χ1n) is 6.84. The Morgan fingerprint density at radius 3 is 3.00 bits per heavy atom. The van der Waals surface area contributed by atoms with Gasteiger partial charge >= 0.3 is 0 Å². The van der Waals surface area contributed by atoms with Crippen LogP contribution in [0, 0.1) is 6.92 Å². The predicted molar refractivity (Wildman–Crippen MR) is 81.7 cm³/mol. The number of hydrogen-bond donors (Lipinski definition) is 1. The van der Waals surface area contributed by atoms with E-state index in [0.717, 1.165) is 29.1 Å². The van der Waals surface area contributed by atoms with Crippen LogP contribution in [0.3, 0.4) is 0 Å². The van der Waals surface area contributed by atoms with Crippen LogP contribution in [0.2, 0.25) is 0 Å². The summed E-state index contributed by atoms with van der Waals surface area (Å²) in [6.07, 6.45) is 5.90. The molecule has 0 saturated carbocycles. The first-order valence-corrected chi connectivity index (χ1v) is 7.65. The highest BCUT2D eigenvalue weighted by Crippen LogP contribution is 2.27. The van der Waals surface area contributed by atoms with Gasteiger partial charge in [-0.3, -0.25) is 9.78 Å². The smallest absolute Gasteiger partial charge is 0.219 e. The monoisotopic (exact) mass is 289 g/mol. The summed E-state index contributed by atoms with van der Waals surface area (Å²) in [7, 11) is 0. The van der Waals surface area contributed by atoms with Gasteiger partial charge in [-0.1, -0.05) is 6.92 Å². The lowest BCUT2D eigenvalue weighted by atomic mass is 10.2. The fraction of sp³-hybridized carbons (Fsp3) is 0.400. The summed E-state index contributed by atoms with van der Waals surface area (Å²) in [5.41, 5.74) is 2.08. The molecule has 2 heterocycles. The molecule has 0 aliphatic heterocycles. The highest BCUT2D eigenvalue weighted by atomic mass is 32.1. The van der Waals surface area contributed by atoms with Crippen LogP contribution in [-0.2, 0) is 11.2 Å². The molecule has 0 aliphatic carbocycles. The van der Waals surface area contributed by atoms with Crippen molar-refractivity contribution < 1.29 is 4.79 Å². The van der Waals surface area contributed by atoms with Crippen LogP contribution < -0.4 is 5.32 Å². The number of hydrogen-bond acceptors (Lipinski definition) is 4. The molecule has 0 fully saturated rings. The Morgan fingerprint density at radius 2 is 2.30 bits per heavy atom. The predicted octanol–water partition coefficient (Wildman–Crippen LogP) is 2.97. The quantitative estimate of drug-likeness (QED) is 0.889. The van der Waals surface area contributed by atoms with Crippen molar-refractivity contribution in [2.75, 3.05) is 6.54 Å². The number of carbonyl (C=O) groups excluding carboxylic acids is 1. The van der Waals surface area contributed by atoms with Gasteiger partial charge in [-0.15, -0.1) is 11.3 Å². The molecule has 0 spiro atoms. The normalized spacial score (nSPS) is 10.5. The van der Waals surface area contributed by atoms with E-state index in [4.69, 9.17) is 0 Å². The maximum atomic E-state index is 11.4. The van der Waals surface area contributed by atoms with Crippen molar-refractivity contribution in [1.82, 2.24) is 15.3 Å².